The van der Waals surface area contributed by atoms with Crippen LogP contribution < -0.4 is 10.2 Å². The summed E-state index contributed by atoms with van der Waals surface area (Å²) >= 11 is 0. The number of carbonyl (C=O) groups is 1. The molecule has 1 amide bonds. The van der Waals surface area contributed by atoms with Gasteiger partial charge in [-0.1, -0.05) is 0 Å². The van der Waals surface area contributed by atoms with Crippen molar-refractivity contribution in [3.05, 3.63) is 12.0 Å². The molecule has 2 aromatic heterocycles. The number of nitrogens with zero attached hydrogens (tertiary/aromatic N) is 5. The predicted octanol–water partition coefficient (Wildman–Crippen LogP) is 1.14. The van der Waals surface area contributed by atoms with Gasteiger partial charge in [-0.25, -0.2) is 14.8 Å². The van der Waals surface area contributed by atoms with E-state index in [1.165, 1.54) is 0 Å². The number of aromatic nitrogens is 4. The minimum atomic E-state index is -0.359. The Morgan fingerprint density at radius 2 is 2.17 bits per heavy atom. The molecule has 8 nitrogen and oxygen atoms in total. The highest BCUT2D eigenvalue weighted by atomic mass is 16.6. The van der Waals surface area contributed by atoms with E-state index in [1.54, 1.807) is 4.68 Å². The zero-order chi connectivity index (χ0) is 16.0. The first kappa shape index (κ1) is 14.2. The highest BCUT2D eigenvalue weighted by Crippen LogP contribution is 2.32. The van der Waals surface area contributed by atoms with Gasteiger partial charge in [-0.2, -0.15) is 5.10 Å². The van der Waals surface area contributed by atoms with Crippen LogP contribution >= 0.6 is 0 Å². The van der Waals surface area contributed by atoms with Crippen LogP contribution in [0.15, 0.2) is 6.20 Å². The van der Waals surface area contributed by atoms with E-state index in [-0.39, 0.29) is 11.7 Å². The normalized spacial score (nSPS) is 24.8. The van der Waals surface area contributed by atoms with E-state index in [0.29, 0.717) is 6.54 Å². The van der Waals surface area contributed by atoms with Crippen LogP contribution in [0.4, 0.5) is 10.6 Å². The average molecular weight is 316 g/mol. The van der Waals surface area contributed by atoms with Crippen LogP contribution in [0, 0.1) is 6.92 Å². The number of fused-ring (bicyclic) bond motifs is 1. The monoisotopic (exact) mass is 316 g/mol. The Morgan fingerprint density at radius 1 is 1.30 bits per heavy atom. The van der Waals surface area contributed by atoms with Gasteiger partial charge in [-0.3, -0.25) is 4.68 Å². The van der Waals surface area contributed by atoms with Crippen molar-refractivity contribution in [1.82, 2.24) is 25.1 Å². The third-order valence-electron chi connectivity index (χ3n) is 4.75. The molecule has 0 radical (unpaired) electrons. The Bertz CT molecular complexity index is 773. The molecule has 8 heteroatoms. The Hall–Kier alpha value is -2.38. The van der Waals surface area contributed by atoms with Crippen LogP contribution in [-0.4, -0.2) is 51.1 Å². The summed E-state index contributed by atoms with van der Waals surface area (Å²) in [6.07, 6.45) is 4.16. The minimum absolute atomic E-state index is 0.300. The van der Waals surface area contributed by atoms with Gasteiger partial charge in [0.05, 0.1) is 18.1 Å². The molecule has 0 bridgehead atoms. The third kappa shape index (κ3) is 2.38. The second-order valence-corrected chi connectivity index (χ2v) is 6.37. The second-order valence-electron chi connectivity index (χ2n) is 6.37. The topological polar surface area (TPSA) is 85.2 Å². The van der Waals surface area contributed by atoms with Gasteiger partial charge >= 0.3 is 6.09 Å². The first-order valence-electron chi connectivity index (χ1n) is 7.94. The summed E-state index contributed by atoms with van der Waals surface area (Å²) in [5.74, 6) is 1.67. The summed E-state index contributed by atoms with van der Waals surface area (Å²) in [5, 5.41) is 8.06. The molecular weight excluding hydrogens is 296 g/mol. The van der Waals surface area contributed by atoms with Crippen molar-refractivity contribution < 1.29 is 9.53 Å². The fourth-order valence-corrected chi connectivity index (χ4v) is 3.51. The SMILES string of the molecule is Cc1nc(N2CCCC3(CC2)CNC(=O)O3)c2cnn(C)c2n1. The first-order chi connectivity index (χ1) is 11.1. The molecule has 1 spiro atoms. The molecule has 2 aliphatic rings. The number of carbonyl (C=O) groups excluding carboxylic acids is 1. The van der Waals surface area contributed by atoms with Crippen LogP contribution in [0.1, 0.15) is 25.1 Å². The summed E-state index contributed by atoms with van der Waals surface area (Å²) in [4.78, 5) is 22.8. The molecule has 4 rings (SSSR count). The Morgan fingerprint density at radius 3 is 2.96 bits per heavy atom. The maximum absolute atomic E-state index is 11.4. The number of anilines is 1. The van der Waals surface area contributed by atoms with Crippen LogP contribution in [-0.2, 0) is 11.8 Å². The van der Waals surface area contributed by atoms with Crippen LogP contribution in [0.25, 0.3) is 11.0 Å². The second kappa shape index (κ2) is 5.07. The number of alkyl carbamates (subject to hydrolysis) is 1. The molecule has 2 aromatic rings. The first-order valence-corrected chi connectivity index (χ1v) is 7.94. The highest BCUT2D eigenvalue weighted by Gasteiger charge is 2.41. The van der Waals surface area contributed by atoms with Gasteiger partial charge in [0.1, 0.15) is 17.2 Å². The number of ether oxygens (including phenoxy) is 1. The van der Waals surface area contributed by atoms with Crippen molar-refractivity contribution in [3.8, 4) is 0 Å². The van der Waals surface area contributed by atoms with Gasteiger partial charge < -0.3 is 15.0 Å². The molecule has 1 unspecified atom stereocenters. The molecule has 0 aliphatic carbocycles. The van der Waals surface area contributed by atoms with Crippen LogP contribution in [0.3, 0.4) is 0 Å². The smallest absolute Gasteiger partial charge is 0.407 e. The lowest BCUT2D eigenvalue weighted by molar-refractivity contribution is 0.0473. The molecule has 4 heterocycles. The lowest BCUT2D eigenvalue weighted by Crippen LogP contribution is -2.35. The van der Waals surface area contributed by atoms with E-state index >= 15 is 0 Å². The summed E-state index contributed by atoms with van der Waals surface area (Å²) in [6.45, 7) is 4.19. The molecule has 2 fully saturated rings. The van der Waals surface area contributed by atoms with E-state index in [0.717, 1.165) is 55.0 Å². The van der Waals surface area contributed by atoms with Gasteiger partial charge in [0.2, 0.25) is 0 Å². The van der Waals surface area contributed by atoms with Gasteiger partial charge in [-0.05, 0) is 19.8 Å². The van der Waals surface area contributed by atoms with E-state index in [4.69, 9.17) is 4.74 Å². The van der Waals surface area contributed by atoms with E-state index in [1.807, 2.05) is 20.2 Å². The molecule has 0 saturated carbocycles. The van der Waals surface area contributed by atoms with Gasteiger partial charge in [0.25, 0.3) is 0 Å². The molecular formula is C15H20N6O2. The predicted molar refractivity (Wildman–Crippen MR) is 84.3 cm³/mol. The Kier molecular flexibility index (Phi) is 3.14. The van der Waals surface area contributed by atoms with E-state index in [2.05, 4.69) is 25.3 Å². The van der Waals surface area contributed by atoms with Crippen molar-refractivity contribution in [3.63, 3.8) is 0 Å². The van der Waals surface area contributed by atoms with Crippen molar-refractivity contribution in [2.75, 3.05) is 24.5 Å². The number of aryl methyl sites for hydroxylation is 2. The zero-order valence-electron chi connectivity index (χ0n) is 13.4. The number of rotatable bonds is 1. The lowest BCUT2D eigenvalue weighted by atomic mass is 9.95. The molecule has 122 valence electrons. The molecule has 1 atom stereocenters. The standard InChI is InChI=1S/C15H20N6O2/c1-10-18-12-11(8-17-20(12)2)13(19-10)21-6-3-4-15(5-7-21)9-16-14(22)23-15/h8H,3-7,9H2,1-2H3,(H,16,22). The number of hydrogen-bond acceptors (Lipinski definition) is 6. The summed E-state index contributed by atoms with van der Waals surface area (Å²) in [6, 6.07) is 0. The number of hydrogen-bond donors (Lipinski definition) is 1. The van der Waals surface area contributed by atoms with Gasteiger partial charge in [-0.15, -0.1) is 0 Å². The molecule has 1 N–H and O–H groups in total. The van der Waals surface area contributed by atoms with Gasteiger partial charge in [0, 0.05) is 26.6 Å². The average Bonchev–Trinajstić information content (AvgIpc) is 2.99. The lowest BCUT2D eigenvalue weighted by Gasteiger charge is -2.25. The zero-order valence-corrected chi connectivity index (χ0v) is 13.4. The number of amides is 1. The van der Waals surface area contributed by atoms with Crippen molar-refractivity contribution in [1.29, 1.82) is 0 Å². The van der Waals surface area contributed by atoms with Crippen molar-refractivity contribution in [2.45, 2.75) is 31.8 Å². The van der Waals surface area contributed by atoms with Crippen molar-refractivity contribution >= 4 is 22.9 Å². The fraction of sp³-hybridized carbons (Fsp3) is 0.600. The number of nitrogens with one attached hydrogen (secondary N) is 1. The van der Waals surface area contributed by atoms with E-state index in [9.17, 15) is 4.79 Å². The van der Waals surface area contributed by atoms with Crippen LogP contribution in [0.2, 0.25) is 0 Å². The molecule has 2 saturated heterocycles. The van der Waals surface area contributed by atoms with Crippen molar-refractivity contribution in [2.24, 2.45) is 7.05 Å². The van der Waals surface area contributed by atoms with Crippen LogP contribution in [0.5, 0.6) is 0 Å². The molecule has 2 aliphatic heterocycles. The largest absolute Gasteiger partial charge is 0.441 e. The van der Waals surface area contributed by atoms with Gasteiger partial charge in [0.15, 0.2) is 5.65 Å². The maximum atomic E-state index is 11.4. The van der Waals surface area contributed by atoms with E-state index < -0.39 is 0 Å². The summed E-state index contributed by atoms with van der Waals surface area (Å²) < 4.78 is 7.32. The molecule has 23 heavy (non-hydrogen) atoms. The Labute approximate surface area is 133 Å². The Balaban J connectivity index is 1.65. The highest BCUT2D eigenvalue weighted by molar-refractivity contribution is 5.87. The quantitative estimate of drug-likeness (QED) is 0.849. The summed E-state index contributed by atoms with van der Waals surface area (Å²) in [7, 11) is 1.89. The maximum Gasteiger partial charge on any atom is 0.407 e. The third-order valence-corrected chi connectivity index (χ3v) is 4.75. The molecule has 0 aromatic carbocycles. The fourth-order valence-electron chi connectivity index (χ4n) is 3.51. The summed E-state index contributed by atoms with van der Waals surface area (Å²) in [5.41, 5.74) is 0.488. The minimum Gasteiger partial charge on any atom is -0.441 e.